The number of hydrogen-bond donors (Lipinski definition) is 3. The van der Waals surface area contributed by atoms with E-state index in [9.17, 15) is 19.6 Å². The van der Waals surface area contributed by atoms with E-state index in [1.807, 2.05) is 0 Å². The number of para-hydroxylation sites is 1. The van der Waals surface area contributed by atoms with E-state index in [0.29, 0.717) is 0 Å². The molecule has 9 heteroatoms. The molecule has 0 atom stereocenters. The van der Waals surface area contributed by atoms with Crippen LogP contribution in [0.5, 0.6) is 5.75 Å². The number of phenols is 1. The SMILES string of the molecule is O=[N+]([O-])c1ccc(O)c(/C=N/NC(=S)Nc2ccccc2F)c1. The molecule has 2 aromatic carbocycles. The number of nitrogens with one attached hydrogen (secondary N) is 2. The molecule has 3 N–H and O–H groups in total. The van der Waals surface area contributed by atoms with Crippen LogP contribution in [0.4, 0.5) is 15.8 Å². The number of non-ortho nitro benzene ring substituents is 1. The molecule has 0 radical (unpaired) electrons. The molecule has 0 amide bonds. The largest absolute Gasteiger partial charge is 0.507 e. The molecule has 0 saturated carbocycles. The van der Waals surface area contributed by atoms with Gasteiger partial charge in [0.1, 0.15) is 11.6 Å². The molecule has 0 aliphatic rings. The second-order valence-corrected chi connectivity index (χ2v) is 4.71. The van der Waals surface area contributed by atoms with Crippen molar-refractivity contribution in [3.63, 3.8) is 0 Å². The van der Waals surface area contributed by atoms with Crippen molar-refractivity contribution in [1.82, 2.24) is 5.43 Å². The van der Waals surface area contributed by atoms with Crippen LogP contribution in [0.1, 0.15) is 5.56 Å². The van der Waals surface area contributed by atoms with Gasteiger partial charge in [-0.1, -0.05) is 12.1 Å². The summed E-state index contributed by atoms with van der Waals surface area (Å²) in [6.07, 6.45) is 1.16. The molecule has 0 heterocycles. The molecule has 7 nitrogen and oxygen atoms in total. The molecule has 118 valence electrons. The number of phenolic OH excluding ortho intramolecular Hbond substituents is 1. The van der Waals surface area contributed by atoms with E-state index in [0.717, 1.165) is 12.3 Å². The number of aromatic hydroxyl groups is 1. The molecule has 0 aromatic heterocycles. The molecule has 0 aliphatic heterocycles. The second kappa shape index (κ2) is 7.27. The first kappa shape index (κ1) is 16.3. The van der Waals surface area contributed by atoms with Gasteiger partial charge in [0.2, 0.25) is 0 Å². The summed E-state index contributed by atoms with van der Waals surface area (Å²) < 4.78 is 13.4. The lowest BCUT2D eigenvalue weighted by Gasteiger charge is -2.07. The lowest BCUT2D eigenvalue weighted by atomic mass is 10.2. The lowest BCUT2D eigenvalue weighted by molar-refractivity contribution is -0.384. The smallest absolute Gasteiger partial charge is 0.270 e. The van der Waals surface area contributed by atoms with E-state index in [1.54, 1.807) is 12.1 Å². The highest BCUT2D eigenvalue weighted by Crippen LogP contribution is 2.21. The molecular formula is C14H11FN4O3S. The highest BCUT2D eigenvalue weighted by Gasteiger charge is 2.08. The van der Waals surface area contributed by atoms with Gasteiger partial charge < -0.3 is 10.4 Å². The van der Waals surface area contributed by atoms with Crippen molar-refractivity contribution in [2.45, 2.75) is 0 Å². The van der Waals surface area contributed by atoms with E-state index in [4.69, 9.17) is 12.2 Å². The number of rotatable bonds is 4. The van der Waals surface area contributed by atoms with Crippen molar-refractivity contribution in [2.24, 2.45) is 5.10 Å². The van der Waals surface area contributed by atoms with Crippen LogP contribution in [0, 0.1) is 15.9 Å². The number of benzene rings is 2. The maximum absolute atomic E-state index is 13.4. The third kappa shape index (κ3) is 4.45. The zero-order chi connectivity index (χ0) is 16.8. The summed E-state index contributed by atoms with van der Waals surface area (Å²) >= 11 is 4.94. The molecule has 0 unspecified atom stereocenters. The number of thiocarbonyl (C=S) groups is 1. The average Bonchev–Trinajstić information content (AvgIpc) is 2.51. The van der Waals surface area contributed by atoms with Crippen LogP contribution in [0.3, 0.4) is 0 Å². The molecule has 0 bridgehead atoms. The quantitative estimate of drug-likeness (QED) is 0.344. The third-order valence-electron chi connectivity index (χ3n) is 2.71. The predicted octanol–water partition coefficient (Wildman–Crippen LogP) is 2.76. The summed E-state index contributed by atoms with van der Waals surface area (Å²) in [5.74, 6) is -0.647. The topological polar surface area (TPSA) is 99.8 Å². The van der Waals surface area contributed by atoms with Crippen molar-refractivity contribution in [1.29, 1.82) is 0 Å². The van der Waals surface area contributed by atoms with Gasteiger partial charge in [0.05, 0.1) is 16.8 Å². The van der Waals surface area contributed by atoms with Gasteiger partial charge in [0, 0.05) is 17.7 Å². The maximum Gasteiger partial charge on any atom is 0.270 e. The number of nitro groups is 1. The minimum Gasteiger partial charge on any atom is -0.507 e. The fourth-order valence-corrected chi connectivity index (χ4v) is 1.79. The molecule has 0 fully saturated rings. The van der Waals surface area contributed by atoms with Crippen LogP contribution in [0.2, 0.25) is 0 Å². The average molecular weight is 334 g/mol. The summed E-state index contributed by atoms with van der Waals surface area (Å²) in [5, 5.41) is 26.7. The van der Waals surface area contributed by atoms with Crippen molar-refractivity contribution in [3.05, 3.63) is 64.0 Å². The molecule has 2 aromatic rings. The Morgan fingerprint density at radius 2 is 2.09 bits per heavy atom. The Labute approximate surface area is 135 Å². The van der Waals surface area contributed by atoms with Crippen LogP contribution in [-0.2, 0) is 0 Å². The highest BCUT2D eigenvalue weighted by atomic mass is 32.1. The Balaban J connectivity index is 2.01. The van der Waals surface area contributed by atoms with Crippen molar-refractivity contribution >= 4 is 34.9 Å². The number of nitrogens with zero attached hydrogens (tertiary/aromatic N) is 2. The third-order valence-corrected chi connectivity index (χ3v) is 2.91. The Bertz CT molecular complexity index is 782. The summed E-state index contributed by atoms with van der Waals surface area (Å²) in [6.45, 7) is 0. The second-order valence-electron chi connectivity index (χ2n) is 4.30. The highest BCUT2D eigenvalue weighted by molar-refractivity contribution is 7.80. The van der Waals surface area contributed by atoms with Gasteiger partial charge in [0.25, 0.3) is 5.69 Å². The van der Waals surface area contributed by atoms with Crippen LogP contribution in [0.15, 0.2) is 47.6 Å². The zero-order valence-corrected chi connectivity index (χ0v) is 12.4. The summed E-state index contributed by atoms with van der Waals surface area (Å²) in [7, 11) is 0. The van der Waals surface area contributed by atoms with E-state index in [1.165, 1.54) is 24.3 Å². The maximum atomic E-state index is 13.4. The fourth-order valence-electron chi connectivity index (χ4n) is 1.63. The predicted molar refractivity (Wildman–Crippen MR) is 88.1 cm³/mol. The number of halogens is 1. The van der Waals surface area contributed by atoms with Crippen molar-refractivity contribution in [2.75, 3.05) is 5.32 Å². The molecule has 0 saturated heterocycles. The molecule has 0 aliphatic carbocycles. The zero-order valence-electron chi connectivity index (χ0n) is 11.6. The Kier molecular flexibility index (Phi) is 5.15. The first-order chi connectivity index (χ1) is 11.0. The molecular weight excluding hydrogens is 323 g/mol. The van der Waals surface area contributed by atoms with Crippen LogP contribution in [0.25, 0.3) is 0 Å². The standard InChI is InChI=1S/C14H11FN4O3S/c15-11-3-1-2-4-12(11)17-14(23)18-16-8-9-7-10(19(21)22)5-6-13(9)20/h1-8,20H,(H2,17,18,23)/b16-8+. The summed E-state index contributed by atoms with van der Waals surface area (Å²) in [4.78, 5) is 10.1. The number of hydrogen-bond acceptors (Lipinski definition) is 5. The van der Waals surface area contributed by atoms with Crippen LogP contribution in [-0.4, -0.2) is 21.4 Å². The van der Waals surface area contributed by atoms with E-state index in [2.05, 4.69) is 15.8 Å². The Morgan fingerprint density at radius 1 is 1.35 bits per heavy atom. The summed E-state index contributed by atoms with van der Waals surface area (Å²) in [5.41, 5.74) is 2.56. The van der Waals surface area contributed by atoms with Crippen LogP contribution < -0.4 is 10.7 Å². The monoisotopic (exact) mass is 334 g/mol. The van der Waals surface area contributed by atoms with Crippen molar-refractivity contribution < 1.29 is 14.4 Å². The minimum absolute atomic E-state index is 0.0243. The first-order valence-corrected chi connectivity index (χ1v) is 6.70. The minimum atomic E-state index is -0.589. The summed E-state index contributed by atoms with van der Waals surface area (Å²) in [6, 6.07) is 9.47. The van der Waals surface area contributed by atoms with Gasteiger partial charge >= 0.3 is 0 Å². The normalized spacial score (nSPS) is 10.5. The number of hydrazone groups is 1. The van der Waals surface area contributed by atoms with Gasteiger partial charge in [0.15, 0.2) is 5.11 Å². The molecule has 23 heavy (non-hydrogen) atoms. The lowest BCUT2D eigenvalue weighted by Crippen LogP contribution is -2.24. The molecule has 0 spiro atoms. The Hall–Kier alpha value is -3.07. The van der Waals surface area contributed by atoms with Gasteiger partial charge in [-0.25, -0.2) is 4.39 Å². The van der Waals surface area contributed by atoms with E-state index in [-0.39, 0.29) is 27.8 Å². The van der Waals surface area contributed by atoms with Crippen molar-refractivity contribution in [3.8, 4) is 5.75 Å². The number of anilines is 1. The fraction of sp³-hybridized carbons (Fsp3) is 0. The number of nitro benzene ring substituents is 1. The molecule has 2 rings (SSSR count). The van der Waals surface area contributed by atoms with Gasteiger partial charge in [-0.2, -0.15) is 5.10 Å². The van der Waals surface area contributed by atoms with E-state index < -0.39 is 10.7 Å². The Morgan fingerprint density at radius 3 is 2.78 bits per heavy atom. The van der Waals surface area contributed by atoms with Gasteiger partial charge in [-0.05, 0) is 30.4 Å². The van der Waals surface area contributed by atoms with Gasteiger partial charge in [-0.3, -0.25) is 15.5 Å². The van der Waals surface area contributed by atoms with E-state index >= 15 is 0 Å². The first-order valence-electron chi connectivity index (χ1n) is 6.29. The van der Waals surface area contributed by atoms with Crippen LogP contribution >= 0.6 is 12.2 Å². The van der Waals surface area contributed by atoms with Gasteiger partial charge in [-0.15, -0.1) is 0 Å².